The van der Waals surface area contributed by atoms with Crippen LogP contribution in [0.1, 0.15) is 22.3 Å². The number of nitrogens with zero attached hydrogens (tertiary/aromatic N) is 1. The van der Waals surface area contributed by atoms with Crippen molar-refractivity contribution < 1.29 is 24.2 Å². The molecule has 6 nitrogen and oxygen atoms in total. The highest BCUT2D eigenvalue weighted by Gasteiger charge is 2.17. The van der Waals surface area contributed by atoms with Crippen LogP contribution in [0.2, 0.25) is 0 Å². The number of hydrogen-bond acceptors (Lipinski definition) is 6. The van der Waals surface area contributed by atoms with E-state index in [1.165, 1.54) is 26.7 Å². The lowest BCUT2D eigenvalue weighted by Gasteiger charge is -2.14. The number of oxime groups is 1. The van der Waals surface area contributed by atoms with Crippen LogP contribution < -0.4 is 4.74 Å². The van der Waals surface area contributed by atoms with Crippen LogP contribution >= 0.6 is 0 Å². The molecule has 0 spiro atoms. The largest absolute Gasteiger partial charge is 0.503 e. The van der Waals surface area contributed by atoms with Crippen LogP contribution in [0.4, 0.5) is 0 Å². The summed E-state index contributed by atoms with van der Waals surface area (Å²) in [5.74, 6) is 0.216. The molecule has 0 bridgehead atoms. The maximum absolute atomic E-state index is 12.0. The normalized spacial score (nSPS) is 11.4. The zero-order valence-electron chi connectivity index (χ0n) is 14.9. The first kappa shape index (κ1) is 19.1. The molecule has 26 heavy (non-hydrogen) atoms. The fourth-order valence-corrected chi connectivity index (χ4v) is 2.50. The Balaban J connectivity index is 2.26. The highest BCUT2D eigenvalue weighted by Crippen LogP contribution is 2.24. The minimum absolute atomic E-state index is 0.266. The van der Waals surface area contributed by atoms with E-state index >= 15 is 0 Å². The van der Waals surface area contributed by atoms with Crippen LogP contribution in [0.15, 0.2) is 53.9 Å². The van der Waals surface area contributed by atoms with Crippen molar-refractivity contribution in [2.45, 2.75) is 13.5 Å². The molecule has 0 unspecified atom stereocenters. The van der Waals surface area contributed by atoms with Gasteiger partial charge in [-0.2, -0.15) is 0 Å². The van der Waals surface area contributed by atoms with Gasteiger partial charge in [-0.05, 0) is 47.4 Å². The molecule has 2 aromatic carbocycles. The van der Waals surface area contributed by atoms with Gasteiger partial charge in [0.2, 0.25) is 0 Å². The number of aryl methyl sites for hydroxylation is 1. The van der Waals surface area contributed by atoms with E-state index in [0.29, 0.717) is 16.9 Å². The summed E-state index contributed by atoms with van der Waals surface area (Å²) in [6.45, 7) is 2.17. The first-order valence-corrected chi connectivity index (χ1v) is 7.91. The molecule has 0 aliphatic heterocycles. The predicted molar refractivity (Wildman–Crippen MR) is 98.3 cm³/mol. The number of methoxy groups -OCH3 is 2. The molecule has 0 radical (unpaired) electrons. The number of ether oxygens (including phenoxy) is 3. The zero-order chi connectivity index (χ0) is 18.9. The SMILES string of the molecule is CO/C=C(\C(=O)OC)c1ccccc1COc1ccc(/C=N/O)cc1C. The summed E-state index contributed by atoms with van der Waals surface area (Å²) in [4.78, 5) is 12.0. The Labute approximate surface area is 152 Å². The summed E-state index contributed by atoms with van der Waals surface area (Å²) in [5.41, 5.74) is 3.50. The Bertz CT molecular complexity index is 827. The first-order chi connectivity index (χ1) is 12.6. The van der Waals surface area contributed by atoms with Crippen LogP contribution in [0.25, 0.3) is 5.57 Å². The third-order valence-corrected chi connectivity index (χ3v) is 3.74. The first-order valence-electron chi connectivity index (χ1n) is 7.91. The molecule has 0 aliphatic carbocycles. The Hall–Kier alpha value is -3.28. The van der Waals surface area contributed by atoms with E-state index in [2.05, 4.69) is 5.16 Å². The number of hydrogen-bond donors (Lipinski definition) is 1. The molecule has 0 saturated heterocycles. The van der Waals surface area contributed by atoms with Gasteiger partial charge in [0.05, 0.1) is 26.7 Å². The monoisotopic (exact) mass is 355 g/mol. The summed E-state index contributed by atoms with van der Waals surface area (Å²) in [6, 6.07) is 12.8. The van der Waals surface area contributed by atoms with E-state index < -0.39 is 5.97 Å². The van der Waals surface area contributed by atoms with Gasteiger partial charge in [0, 0.05) is 0 Å². The fraction of sp³-hybridized carbons (Fsp3) is 0.200. The van der Waals surface area contributed by atoms with Gasteiger partial charge in [0.15, 0.2) is 0 Å². The molecule has 0 amide bonds. The molecule has 0 aliphatic rings. The maximum atomic E-state index is 12.0. The Morgan fingerprint density at radius 1 is 1.19 bits per heavy atom. The average Bonchev–Trinajstić information content (AvgIpc) is 2.65. The maximum Gasteiger partial charge on any atom is 0.341 e. The van der Waals surface area contributed by atoms with Crippen molar-refractivity contribution in [2.24, 2.45) is 5.16 Å². The van der Waals surface area contributed by atoms with Crippen LogP contribution in [0.3, 0.4) is 0 Å². The topological polar surface area (TPSA) is 77.4 Å². The van der Waals surface area contributed by atoms with Gasteiger partial charge >= 0.3 is 5.97 Å². The van der Waals surface area contributed by atoms with E-state index in [9.17, 15) is 4.79 Å². The standard InChI is InChI=1S/C20H21NO5/c1-14-10-15(11-21-23)8-9-19(14)26-12-16-6-4-5-7-17(16)18(13-24-2)20(22)25-3/h4-11,13,23H,12H2,1-3H3/b18-13-,21-11+. The third-order valence-electron chi connectivity index (χ3n) is 3.74. The molecule has 0 saturated carbocycles. The van der Waals surface area contributed by atoms with Crippen molar-refractivity contribution in [2.75, 3.05) is 14.2 Å². The van der Waals surface area contributed by atoms with Crippen molar-refractivity contribution in [3.05, 3.63) is 71.0 Å². The lowest BCUT2D eigenvalue weighted by Crippen LogP contribution is -2.08. The fourth-order valence-electron chi connectivity index (χ4n) is 2.50. The van der Waals surface area contributed by atoms with Crippen molar-refractivity contribution in [3.63, 3.8) is 0 Å². The Kier molecular flexibility index (Phi) is 6.79. The van der Waals surface area contributed by atoms with Crippen molar-refractivity contribution in [1.29, 1.82) is 0 Å². The summed E-state index contributed by atoms with van der Waals surface area (Å²) in [6.07, 6.45) is 2.71. The van der Waals surface area contributed by atoms with Gasteiger partial charge in [-0.1, -0.05) is 29.4 Å². The second-order valence-electron chi connectivity index (χ2n) is 5.47. The van der Waals surface area contributed by atoms with Gasteiger partial charge < -0.3 is 19.4 Å². The Morgan fingerprint density at radius 3 is 2.62 bits per heavy atom. The molecule has 2 aromatic rings. The van der Waals surface area contributed by atoms with Gasteiger partial charge in [-0.3, -0.25) is 0 Å². The van der Waals surface area contributed by atoms with Crippen LogP contribution in [0, 0.1) is 6.92 Å². The van der Waals surface area contributed by atoms with E-state index in [4.69, 9.17) is 19.4 Å². The molecule has 136 valence electrons. The second-order valence-corrected chi connectivity index (χ2v) is 5.47. The highest BCUT2D eigenvalue weighted by atomic mass is 16.5. The molecular weight excluding hydrogens is 334 g/mol. The van der Waals surface area contributed by atoms with Crippen LogP contribution in [-0.2, 0) is 20.9 Å². The van der Waals surface area contributed by atoms with Crippen LogP contribution in [0.5, 0.6) is 5.75 Å². The third kappa shape index (κ3) is 4.63. The number of carbonyl (C=O) groups is 1. The minimum Gasteiger partial charge on any atom is -0.503 e. The molecule has 0 atom stereocenters. The molecule has 6 heteroatoms. The quantitative estimate of drug-likeness (QED) is 0.205. The van der Waals surface area contributed by atoms with Gasteiger partial charge in [-0.25, -0.2) is 4.79 Å². The molecule has 1 N–H and O–H groups in total. The molecule has 0 aromatic heterocycles. The lowest BCUT2D eigenvalue weighted by molar-refractivity contribution is -0.133. The van der Waals surface area contributed by atoms with Crippen molar-refractivity contribution in [3.8, 4) is 5.75 Å². The molecule has 0 heterocycles. The zero-order valence-corrected chi connectivity index (χ0v) is 14.9. The Morgan fingerprint density at radius 2 is 1.96 bits per heavy atom. The van der Waals surface area contributed by atoms with Crippen molar-refractivity contribution >= 4 is 17.8 Å². The predicted octanol–water partition coefficient (Wildman–Crippen LogP) is 3.54. The average molecular weight is 355 g/mol. The van der Waals surface area contributed by atoms with Crippen LogP contribution in [-0.4, -0.2) is 31.6 Å². The smallest absolute Gasteiger partial charge is 0.341 e. The van der Waals surface area contributed by atoms with E-state index in [-0.39, 0.29) is 6.61 Å². The van der Waals surface area contributed by atoms with E-state index in [0.717, 1.165) is 16.7 Å². The summed E-state index contributed by atoms with van der Waals surface area (Å²) < 4.78 is 15.8. The number of benzene rings is 2. The minimum atomic E-state index is -0.483. The van der Waals surface area contributed by atoms with Crippen molar-refractivity contribution in [1.82, 2.24) is 0 Å². The lowest BCUT2D eigenvalue weighted by atomic mass is 10.0. The highest BCUT2D eigenvalue weighted by molar-refractivity contribution is 6.16. The van der Waals surface area contributed by atoms with E-state index in [1.54, 1.807) is 12.1 Å². The van der Waals surface area contributed by atoms with E-state index in [1.807, 2.05) is 37.3 Å². The number of carbonyl (C=O) groups excluding carboxylic acids is 1. The summed E-state index contributed by atoms with van der Waals surface area (Å²) in [7, 11) is 2.80. The molecule has 0 fully saturated rings. The summed E-state index contributed by atoms with van der Waals surface area (Å²) >= 11 is 0. The van der Waals surface area contributed by atoms with Gasteiger partial charge in [0.1, 0.15) is 17.9 Å². The second kappa shape index (κ2) is 9.27. The number of rotatable bonds is 7. The molecular formula is C20H21NO5. The molecule has 2 rings (SSSR count). The van der Waals surface area contributed by atoms with Gasteiger partial charge in [0.25, 0.3) is 0 Å². The van der Waals surface area contributed by atoms with Gasteiger partial charge in [-0.15, -0.1) is 0 Å². The number of esters is 1. The summed E-state index contributed by atoms with van der Waals surface area (Å²) in [5, 5.41) is 11.6.